The van der Waals surface area contributed by atoms with Crippen LogP contribution in [-0.2, 0) is 4.79 Å². The van der Waals surface area contributed by atoms with Gasteiger partial charge in [-0.3, -0.25) is 9.69 Å². The summed E-state index contributed by atoms with van der Waals surface area (Å²) in [6, 6.07) is 9.68. The van der Waals surface area contributed by atoms with Gasteiger partial charge in [0.05, 0.1) is 17.7 Å². The van der Waals surface area contributed by atoms with Gasteiger partial charge in [-0.25, -0.2) is 0 Å². The zero-order chi connectivity index (χ0) is 16.2. The predicted molar refractivity (Wildman–Crippen MR) is 88.5 cm³/mol. The van der Waals surface area contributed by atoms with E-state index < -0.39 is 5.60 Å². The third-order valence-electron chi connectivity index (χ3n) is 4.78. The summed E-state index contributed by atoms with van der Waals surface area (Å²) in [5.74, 6) is 0.000417. The zero-order valence-corrected chi connectivity index (χ0v) is 13.9. The Morgan fingerprint density at radius 2 is 1.86 bits per heavy atom. The van der Waals surface area contributed by atoms with Crippen LogP contribution in [0.5, 0.6) is 0 Å². The Labute approximate surface area is 133 Å². The summed E-state index contributed by atoms with van der Waals surface area (Å²) in [5.41, 5.74) is 0.481. The third kappa shape index (κ3) is 4.31. The van der Waals surface area contributed by atoms with Gasteiger partial charge in [-0.15, -0.1) is 0 Å². The lowest BCUT2D eigenvalue weighted by atomic mass is 10.0. The molecule has 2 atom stereocenters. The molecule has 1 fully saturated rings. The fraction of sp³-hybridized carbons (Fsp3) is 0.611. The molecule has 0 aromatic heterocycles. The van der Waals surface area contributed by atoms with Crippen molar-refractivity contribution in [1.29, 1.82) is 0 Å². The Hall–Kier alpha value is -1.39. The van der Waals surface area contributed by atoms with Crippen molar-refractivity contribution < 1.29 is 9.90 Å². The number of carbonyl (C=O) groups excluding carboxylic acids is 1. The first-order valence-corrected chi connectivity index (χ1v) is 8.19. The molecule has 0 aliphatic heterocycles. The number of rotatable bonds is 6. The normalized spacial score (nSPS) is 19.9. The molecular formula is C18H28N2O2. The fourth-order valence-electron chi connectivity index (χ4n) is 3.15. The van der Waals surface area contributed by atoms with Crippen molar-refractivity contribution in [2.45, 2.75) is 57.2 Å². The minimum Gasteiger partial charge on any atom is -0.389 e. The van der Waals surface area contributed by atoms with E-state index in [0.29, 0.717) is 6.54 Å². The maximum atomic E-state index is 12.4. The third-order valence-corrected chi connectivity index (χ3v) is 4.78. The van der Waals surface area contributed by atoms with E-state index >= 15 is 0 Å². The van der Waals surface area contributed by atoms with Gasteiger partial charge in [0.2, 0.25) is 5.91 Å². The van der Waals surface area contributed by atoms with Gasteiger partial charge in [0, 0.05) is 6.54 Å². The van der Waals surface area contributed by atoms with Gasteiger partial charge in [0.25, 0.3) is 0 Å². The lowest BCUT2D eigenvalue weighted by Crippen LogP contribution is -2.49. The highest BCUT2D eigenvalue weighted by Crippen LogP contribution is 2.30. The van der Waals surface area contributed by atoms with Crippen molar-refractivity contribution in [3.05, 3.63) is 35.9 Å². The minimum absolute atomic E-state index is 0.000417. The maximum Gasteiger partial charge on any atom is 0.237 e. The van der Waals surface area contributed by atoms with E-state index in [4.69, 9.17) is 0 Å². The second-order valence-electron chi connectivity index (χ2n) is 6.66. The molecule has 1 saturated carbocycles. The van der Waals surface area contributed by atoms with Crippen molar-refractivity contribution in [3.63, 3.8) is 0 Å². The van der Waals surface area contributed by atoms with Crippen molar-refractivity contribution >= 4 is 5.91 Å². The van der Waals surface area contributed by atoms with Crippen molar-refractivity contribution in [2.75, 3.05) is 13.6 Å². The Kier molecular flexibility index (Phi) is 5.59. The quantitative estimate of drug-likeness (QED) is 0.849. The van der Waals surface area contributed by atoms with Crippen LogP contribution in [0.4, 0.5) is 0 Å². The summed E-state index contributed by atoms with van der Waals surface area (Å²) >= 11 is 0. The number of benzene rings is 1. The average Bonchev–Trinajstić information content (AvgIpc) is 2.93. The van der Waals surface area contributed by atoms with Crippen molar-refractivity contribution in [3.8, 4) is 0 Å². The molecule has 0 heterocycles. The lowest BCUT2D eigenvalue weighted by Gasteiger charge is -2.32. The number of aliphatic hydroxyl groups is 1. The summed E-state index contributed by atoms with van der Waals surface area (Å²) in [6.45, 7) is 4.44. The van der Waals surface area contributed by atoms with Crippen LogP contribution in [0, 0.1) is 0 Å². The number of carbonyl (C=O) groups is 1. The fourth-order valence-corrected chi connectivity index (χ4v) is 3.15. The summed E-state index contributed by atoms with van der Waals surface area (Å²) < 4.78 is 0. The van der Waals surface area contributed by atoms with Crippen LogP contribution in [0.3, 0.4) is 0 Å². The summed E-state index contributed by atoms with van der Waals surface area (Å²) in [4.78, 5) is 14.4. The number of hydrogen-bond donors (Lipinski definition) is 2. The van der Waals surface area contributed by atoms with E-state index in [9.17, 15) is 9.90 Å². The standard InChI is InChI=1S/C18H28N2O2/c1-14(16-9-5-4-6-10-16)19-17(21)15(2)20(3)13-18(22)11-7-8-12-18/h4-6,9-10,14-15,22H,7-8,11-13H2,1-3H3,(H,19,21)/t14-,15-/m1/s1. The monoisotopic (exact) mass is 304 g/mol. The molecule has 2 N–H and O–H groups in total. The van der Waals surface area contributed by atoms with E-state index in [1.54, 1.807) is 0 Å². The Morgan fingerprint density at radius 1 is 1.27 bits per heavy atom. The van der Waals surface area contributed by atoms with Gasteiger partial charge >= 0.3 is 0 Å². The Balaban J connectivity index is 1.88. The zero-order valence-electron chi connectivity index (χ0n) is 13.9. The van der Waals surface area contributed by atoms with Gasteiger partial charge in [-0.05, 0) is 39.3 Å². The molecule has 1 aliphatic carbocycles. The molecule has 22 heavy (non-hydrogen) atoms. The average molecular weight is 304 g/mol. The van der Waals surface area contributed by atoms with E-state index in [1.165, 1.54) is 0 Å². The van der Waals surface area contributed by atoms with Crippen molar-refractivity contribution in [1.82, 2.24) is 10.2 Å². The number of hydrogen-bond acceptors (Lipinski definition) is 3. The molecule has 4 nitrogen and oxygen atoms in total. The number of nitrogens with zero attached hydrogens (tertiary/aromatic N) is 1. The van der Waals surface area contributed by atoms with Gasteiger partial charge < -0.3 is 10.4 Å². The van der Waals surface area contributed by atoms with Crippen LogP contribution in [0.2, 0.25) is 0 Å². The molecule has 0 unspecified atom stereocenters. The molecule has 2 rings (SSSR count). The molecule has 4 heteroatoms. The Bertz CT molecular complexity index is 483. The highest BCUT2D eigenvalue weighted by molar-refractivity contribution is 5.81. The minimum atomic E-state index is -0.617. The molecule has 1 aromatic rings. The van der Waals surface area contributed by atoms with E-state index in [0.717, 1.165) is 31.2 Å². The molecule has 0 spiro atoms. The van der Waals surface area contributed by atoms with Crippen LogP contribution in [0.25, 0.3) is 0 Å². The molecular weight excluding hydrogens is 276 g/mol. The molecule has 1 aliphatic rings. The molecule has 122 valence electrons. The lowest BCUT2D eigenvalue weighted by molar-refractivity contribution is -0.127. The predicted octanol–water partition coefficient (Wildman–Crippen LogP) is 2.49. The largest absolute Gasteiger partial charge is 0.389 e. The van der Waals surface area contributed by atoms with Gasteiger partial charge in [-0.2, -0.15) is 0 Å². The summed E-state index contributed by atoms with van der Waals surface area (Å²) in [5, 5.41) is 13.5. The van der Waals surface area contributed by atoms with Crippen LogP contribution in [0.1, 0.15) is 51.1 Å². The highest BCUT2D eigenvalue weighted by Gasteiger charge is 2.34. The van der Waals surface area contributed by atoms with E-state index in [-0.39, 0.29) is 18.0 Å². The van der Waals surface area contributed by atoms with Crippen LogP contribution < -0.4 is 5.32 Å². The molecule has 0 saturated heterocycles. The molecule has 1 aromatic carbocycles. The first-order valence-electron chi connectivity index (χ1n) is 8.19. The smallest absolute Gasteiger partial charge is 0.237 e. The first-order chi connectivity index (χ1) is 10.4. The second kappa shape index (κ2) is 7.25. The molecule has 1 amide bonds. The van der Waals surface area contributed by atoms with Crippen LogP contribution in [0.15, 0.2) is 30.3 Å². The van der Waals surface area contributed by atoms with E-state index in [1.807, 2.05) is 56.1 Å². The summed E-state index contributed by atoms with van der Waals surface area (Å²) in [6.07, 6.45) is 3.84. The number of nitrogens with one attached hydrogen (secondary N) is 1. The highest BCUT2D eigenvalue weighted by atomic mass is 16.3. The Morgan fingerprint density at radius 3 is 2.45 bits per heavy atom. The van der Waals surface area contributed by atoms with Gasteiger partial charge in [0.1, 0.15) is 0 Å². The SMILES string of the molecule is C[C@H](C(=O)N[C@H](C)c1ccccc1)N(C)CC1(O)CCCC1. The molecule has 0 bridgehead atoms. The topological polar surface area (TPSA) is 52.6 Å². The van der Waals surface area contributed by atoms with Crippen LogP contribution >= 0.6 is 0 Å². The van der Waals surface area contributed by atoms with Gasteiger partial charge in [-0.1, -0.05) is 43.2 Å². The summed E-state index contributed by atoms with van der Waals surface area (Å²) in [7, 11) is 1.91. The first kappa shape index (κ1) is 17.0. The number of amides is 1. The second-order valence-corrected chi connectivity index (χ2v) is 6.66. The van der Waals surface area contributed by atoms with E-state index in [2.05, 4.69) is 5.32 Å². The molecule has 0 radical (unpaired) electrons. The van der Waals surface area contributed by atoms with Gasteiger partial charge in [0.15, 0.2) is 0 Å². The number of likely N-dealkylation sites (N-methyl/N-ethyl adjacent to an activating group) is 1. The van der Waals surface area contributed by atoms with Crippen molar-refractivity contribution in [2.24, 2.45) is 0 Å². The maximum absolute atomic E-state index is 12.4. The van der Waals surface area contributed by atoms with Crippen LogP contribution in [-0.4, -0.2) is 41.1 Å².